The summed E-state index contributed by atoms with van der Waals surface area (Å²) in [6.45, 7) is 11.6. The number of para-hydroxylation sites is 1. The maximum Gasteiger partial charge on any atom is 0.253 e. The smallest absolute Gasteiger partial charge is 0.253 e. The summed E-state index contributed by atoms with van der Waals surface area (Å²) in [7, 11) is 0. The molecule has 3 aliphatic rings. The lowest BCUT2D eigenvalue weighted by Gasteiger charge is -2.30. The van der Waals surface area contributed by atoms with Crippen molar-refractivity contribution in [2.45, 2.75) is 89.9 Å². The number of anilines is 1. The minimum absolute atomic E-state index is 0.0146. The van der Waals surface area contributed by atoms with Crippen LogP contribution >= 0.6 is 0 Å². The number of benzene rings is 1. The molecule has 172 valence electrons. The normalized spacial score (nSPS) is 33.6. The maximum absolute atomic E-state index is 13.1. The van der Waals surface area contributed by atoms with Gasteiger partial charge in [-0.05, 0) is 53.7 Å². The largest absolute Gasteiger partial charge is 0.363 e. The number of carbonyl (C=O) groups excluding carboxylic acids is 1. The Bertz CT molecular complexity index is 781. The van der Waals surface area contributed by atoms with E-state index in [1.165, 1.54) is 0 Å². The fraction of sp³-hybridized carbons (Fsp3) is 0.696. The predicted molar refractivity (Wildman–Crippen MR) is 112 cm³/mol. The van der Waals surface area contributed by atoms with E-state index in [2.05, 4.69) is 0 Å². The first-order chi connectivity index (χ1) is 14.6. The second kappa shape index (κ2) is 8.42. The van der Waals surface area contributed by atoms with E-state index >= 15 is 0 Å². The second-order valence-electron chi connectivity index (χ2n) is 9.41. The number of ether oxygens (including phenoxy) is 6. The van der Waals surface area contributed by atoms with Crippen molar-refractivity contribution < 1.29 is 33.2 Å². The van der Waals surface area contributed by atoms with E-state index in [1.807, 2.05) is 71.9 Å². The fourth-order valence-electron chi connectivity index (χ4n) is 4.43. The van der Waals surface area contributed by atoms with Gasteiger partial charge in [-0.3, -0.25) is 4.79 Å². The molecular formula is C23H33NO7. The molecule has 0 aromatic heterocycles. The van der Waals surface area contributed by atoms with Crippen LogP contribution in [0.4, 0.5) is 5.69 Å². The van der Waals surface area contributed by atoms with Crippen LogP contribution in [-0.4, -0.2) is 67.4 Å². The molecule has 5 atom stereocenters. The Morgan fingerprint density at radius 3 is 2.39 bits per heavy atom. The van der Waals surface area contributed by atoms with Crippen molar-refractivity contribution >= 4 is 11.6 Å². The third-order valence-electron chi connectivity index (χ3n) is 5.64. The zero-order valence-corrected chi connectivity index (χ0v) is 19.1. The van der Waals surface area contributed by atoms with Crippen molar-refractivity contribution in [2.24, 2.45) is 0 Å². The van der Waals surface area contributed by atoms with Crippen LogP contribution in [0.1, 0.15) is 41.5 Å². The van der Waals surface area contributed by atoms with Crippen LogP contribution in [0.3, 0.4) is 0 Å². The SMILES string of the molecule is CC(C)N(C(=O)CO[C@H]1[C@H]2OC(C)(C)O[C@@H]2O[C@@H]1[C@@H]1COC(C)(C)O1)c1ccccc1. The molecular weight excluding hydrogens is 402 g/mol. The molecule has 4 rings (SSSR count). The molecule has 0 saturated carbocycles. The number of hydrogen-bond acceptors (Lipinski definition) is 7. The second-order valence-corrected chi connectivity index (χ2v) is 9.41. The lowest BCUT2D eigenvalue weighted by molar-refractivity contribution is -0.235. The molecule has 3 saturated heterocycles. The van der Waals surface area contributed by atoms with Crippen LogP contribution in [-0.2, 0) is 33.2 Å². The summed E-state index contributed by atoms with van der Waals surface area (Å²) in [5.41, 5.74) is 0.832. The van der Waals surface area contributed by atoms with Crippen LogP contribution in [0, 0.1) is 0 Å². The molecule has 3 aliphatic heterocycles. The van der Waals surface area contributed by atoms with Gasteiger partial charge in [0.25, 0.3) is 5.91 Å². The lowest BCUT2D eigenvalue weighted by Crippen LogP contribution is -2.46. The van der Waals surface area contributed by atoms with Gasteiger partial charge in [0.15, 0.2) is 17.9 Å². The van der Waals surface area contributed by atoms with Crippen molar-refractivity contribution in [3.05, 3.63) is 30.3 Å². The summed E-state index contributed by atoms with van der Waals surface area (Å²) in [5.74, 6) is -1.62. The number of rotatable bonds is 6. The van der Waals surface area contributed by atoms with Crippen molar-refractivity contribution in [3.63, 3.8) is 0 Å². The van der Waals surface area contributed by atoms with Gasteiger partial charge in [-0.1, -0.05) is 18.2 Å². The standard InChI is InChI=1S/C23H33NO7/c1-14(2)24(15-10-8-7-9-11-15)17(25)13-26-19-18(16-12-27-22(3,4)29-16)28-21-20(19)30-23(5,6)31-21/h7-11,14,16,18-21H,12-13H2,1-6H3/t16-,18+,19+,20+,21-/m0/s1. The van der Waals surface area contributed by atoms with E-state index in [-0.39, 0.29) is 24.7 Å². The van der Waals surface area contributed by atoms with Gasteiger partial charge in [-0.15, -0.1) is 0 Å². The van der Waals surface area contributed by atoms with Gasteiger partial charge in [-0.25, -0.2) is 0 Å². The highest BCUT2D eigenvalue weighted by Crippen LogP contribution is 2.42. The first kappa shape index (κ1) is 22.6. The monoisotopic (exact) mass is 435 g/mol. The third kappa shape index (κ3) is 4.79. The van der Waals surface area contributed by atoms with E-state index in [0.717, 1.165) is 5.69 Å². The molecule has 0 N–H and O–H groups in total. The number of hydrogen-bond donors (Lipinski definition) is 0. The molecule has 3 fully saturated rings. The van der Waals surface area contributed by atoms with Gasteiger partial charge < -0.3 is 33.3 Å². The zero-order valence-electron chi connectivity index (χ0n) is 19.1. The first-order valence-electron chi connectivity index (χ1n) is 10.9. The average molecular weight is 436 g/mol. The molecule has 0 bridgehead atoms. The third-order valence-corrected chi connectivity index (χ3v) is 5.64. The van der Waals surface area contributed by atoms with Gasteiger partial charge in [-0.2, -0.15) is 0 Å². The Kier molecular flexibility index (Phi) is 6.15. The highest BCUT2D eigenvalue weighted by Gasteiger charge is 2.59. The van der Waals surface area contributed by atoms with E-state index in [4.69, 9.17) is 28.4 Å². The summed E-state index contributed by atoms with van der Waals surface area (Å²) in [5, 5.41) is 0. The molecule has 31 heavy (non-hydrogen) atoms. The Balaban J connectivity index is 1.49. The summed E-state index contributed by atoms with van der Waals surface area (Å²) in [6.07, 6.45) is -2.37. The fourth-order valence-corrected chi connectivity index (χ4v) is 4.43. The summed E-state index contributed by atoms with van der Waals surface area (Å²) in [4.78, 5) is 14.9. The molecule has 8 nitrogen and oxygen atoms in total. The van der Waals surface area contributed by atoms with E-state index in [9.17, 15) is 4.79 Å². The van der Waals surface area contributed by atoms with Crippen LogP contribution in [0.2, 0.25) is 0 Å². The molecule has 8 heteroatoms. The van der Waals surface area contributed by atoms with Crippen LogP contribution < -0.4 is 4.90 Å². The van der Waals surface area contributed by atoms with Gasteiger partial charge in [0.05, 0.1) is 6.61 Å². The highest BCUT2D eigenvalue weighted by atomic mass is 16.8. The average Bonchev–Trinajstić information content (AvgIpc) is 3.29. The highest BCUT2D eigenvalue weighted by molar-refractivity contribution is 5.94. The van der Waals surface area contributed by atoms with Gasteiger partial charge in [0.2, 0.25) is 0 Å². The topological polar surface area (TPSA) is 75.7 Å². The molecule has 0 unspecified atom stereocenters. The van der Waals surface area contributed by atoms with Crippen molar-refractivity contribution in [1.29, 1.82) is 0 Å². The quantitative estimate of drug-likeness (QED) is 0.680. The molecule has 3 heterocycles. The first-order valence-corrected chi connectivity index (χ1v) is 10.9. The van der Waals surface area contributed by atoms with Crippen molar-refractivity contribution in [3.8, 4) is 0 Å². The van der Waals surface area contributed by atoms with E-state index in [0.29, 0.717) is 6.61 Å². The Hall–Kier alpha value is -1.55. The van der Waals surface area contributed by atoms with Crippen molar-refractivity contribution in [2.75, 3.05) is 18.1 Å². The molecule has 0 aliphatic carbocycles. The van der Waals surface area contributed by atoms with Gasteiger partial charge in [0, 0.05) is 11.7 Å². The minimum Gasteiger partial charge on any atom is -0.363 e. The molecule has 1 amide bonds. The van der Waals surface area contributed by atoms with Crippen LogP contribution in [0.15, 0.2) is 30.3 Å². The number of carbonyl (C=O) groups is 1. The minimum atomic E-state index is -0.785. The summed E-state index contributed by atoms with van der Waals surface area (Å²) < 4.78 is 36.0. The maximum atomic E-state index is 13.1. The molecule has 0 spiro atoms. The Morgan fingerprint density at radius 1 is 1.06 bits per heavy atom. The Labute approximate surface area is 183 Å². The zero-order chi connectivity index (χ0) is 22.4. The molecule has 0 radical (unpaired) electrons. The van der Waals surface area contributed by atoms with E-state index in [1.54, 1.807) is 4.90 Å². The molecule has 1 aromatic rings. The van der Waals surface area contributed by atoms with Crippen LogP contribution in [0.25, 0.3) is 0 Å². The number of nitrogens with zero attached hydrogens (tertiary/aromatic N) is 1. The summed E-state index contributed by atoms with van der Waals surface area (Å²) in [6, 6.07) is 9.56. The van der Waals surface area contributed by atoms with Gasteiger partial charge >= 0.3 is 0 Å². The van der Waals surface area contributed by atoms with Crippen molar-refractivity contribution in [1.82, 2.24) is 0 Å². The number of amides is 1. The molecule has 1 aromatic carbocycles. The van der Waals surface area contributed by atoms with E-state index < -0.39 is 36.2 Å². The number of fused-ring (bicyclic) bond motifs is 1. The Morgan fingerprint density at radius 2 is 1.77 bits per heavy atom. The van der Waals surface area contributed by atoms with Crippen LogP contribution in [0.5, 0.6) is 0 Å². The predicted octanol–water partition coefficient (Wildman–Crippen LogP) is 2.84. The van der Waals surface area contributed by atoms with Gasteiger partial charge in [0.1, 0.15) is 31.0 Å². The summed E-state index contributed by atoms with van der Waals surface area (Å²) >= 11 is 0. The lowest BCUT2D eigenvalue weighted by atomic mass is 10.1.